The van der Waals surface area contributed by atoms with Crippen LogP contribution in [-0.2, 0) is 16.0 Å². The number of hydrogen-bond acceptors (Lipinski definition) is 5. The van der Waals surface area contributed by atoms with Crippen molar-refractivity contribution >= 4 is 11.9 Å². The average molecular weight is 330 g/mol. The van der Waals surface area contributed by atoms with Crippen LogP contribution in [-0.4, -0.2) is 42.2 Å². The Morgan fingerprint density at radius 2 is 2.08 bits per heavy atom. The minimum atomic E-state index is 0.0376. The Labute approximate surface area is 143 Å². The van der Waals surface area contributed by atoms with Gasteiger partial charge in [-0.15, -0.1) is 0 Å². The first kappa shape index (κ1) is 15.8. The number of hydrogen-bond donors (Lipinski definition) is 1. The minimum Gasteiger partial charge on any atom is -0.378 e. The molecule has 1 amide bonds. The topological polar surface area (TPSA) is 67.3 Å². The summed E-state index contributed by atoms with van der Waals surface area (Å²) in [4.78, 5) is 23.9. The van der Waals surface area contributed by atoms with E-state index >= 15 is 0 Å². The largest absolute Gasteiger partial charge is 0.378 e. The summed E-state index contributed by atoms with van der Waals surface area (Å²) in [5.41, 5.74) is 2.31. The van der Waals surface area contributed by atoms with Gasteiger partial charge in [0, 0.05) is 30.8 Å². The van der Waals surface area contributed by atoms with Crippen LogP contribution in [0.5, 0.6) is 0 Å². The Balaban J connectivity index is 1.59. The summed E-state index contributed by atoms with van der Waals surface area (Å²) in [5.74, 6) is 1.22. The summed E-state index contributed by atoms with van der Waals surface area (Å²) in [5, 5.41) is 3.24. The zero-order valence-electron chi connectivity index (χ0n) is 14.5. The van der Waals surface area contributed by atoms with Crippen LogP contribution >= 0.6 is 0 Å². The molecule has 2 aliphatic carbocycles. The quantitative estimate of drug-likeness (QED) is 0.916. The van der Waals surface area contributed by atoms with E-state index in [2.05, 4.69) is 29.0 Å². The fourth-order valence-corrected chi connectivity index (χ4v) is 3.72. The first-order chi connectivity index (χ1) is 11.5. The van der Waals surface area contributed by atoms with Crippen LogP contribution in [0.2, 0.25) is 0 Å². The molecule has 1 aromatic rings. The number of morpholine rings is 1. The Hall–Kier alpha value is -1.69. The zero-order chi connectivity index (χ0) is 16.7. The number of anilines is 1. The van der Waals surface area contributed by atoms with Crippen LogP contribution in [0, 0.1) is 11.3 Å². The van der Waals surface area contributed by atoms with Crippen molar-refractivity contribution in [3.8, 4) is 0 Å². The fraction of sp³-hybridized carbons (Fsp3) is 0.722. The molecule has 6 heteroatoms. The first-order valence-electron chi connectivity index (χ1n) is 9.01. The van der Waals surface area contributed by atoms with E-state index in [-0.39, 0.29) is 23.3 Å². The Bertz CT molecular complexity index is 636. The highest BCUT2D eigenvalue weighted by Crippen LogP contribution is 2.41. The maximum atomic E-state index is 12.2. The maximum absolute atomic E-state index is 12.2. The molecule has 2 fully saturated rings. The van der Waals surface area contributed by atoms with Gasteiger partial charge in [-0.3, -0.25) is 4.79 Å². The van der Waals surface area contributed by atoms with Crippen LogP contribution in [0.3, 0.4) is 0 Å². The molecule has 0 spiro atoms. The average Bonchev–Trinajstić information content (AvgIpc) is 3.39. The summed E-state index contributed by atoms with van der Waals surface area (Å²) in [6.07, 6.45) is 5.86. The lowest BCUT2D eigenvalue weighted by Gasteiger charge is -2.37. The molecule has 3 aliphatic rings. The van der Waals surface area contributed by atoms with Crippen molar-refractivity contribution < 1.29 is 9.53 Å². The van der Waals surface area contributed by atoms with Gasteiger partial charge in [0.05, 0.1) is 24.9 Å². The molecule has 1 saturated heterocycles. The second kappa shape index (κ2) is 5.99. The molecule has 1 N–H and O–H groups in total. The van der Waals surface area contributed by atoms with Gasteiger partial charge in [-0.1, -0.05) is 13.8 Å². The number of nitrogens with zero attached hydrogens (tertiary/aromatic N) is 3. The van der Waals surface area contributed by atoms with Crippen LogP contribution in [0.1, 0.15) is 50.4 Å². The van der Waals surface area contributed by atoms with Gasteiger partial charge >= 0.3 is 0 Å². The molecule has 0 bridgehead atoms. The molecule has 1 aromatic heterocycles. The number of carbonyl (C=O) groups is 1. The second-order valence-electron chi connectivity index (χ2n) is 8.05. The highest BCUT2D eigenvalue weighted by molar-refractivity contribution is 5.81. The van der Waals surface area contributed by atoms with Crippen molar-refractivity contribution in [2.75, 3.05) is 31.2 Å². The Kier molecular flexibility index (Phi) is 3.95. The van der Waals surface area contributed by atoms with Gasteiger partial charge in [0.15, 0.2) is 0 Å². The minimum absolute atomic E-state index is 0.0376. The van der Waals surface area contributed by atoms with E-state index in [4.69, 9.17) is 9.72 Å². The van der Waals surface area contributed by atoms with E-state index in [1.807, 2.05) is 6.20 Å². The van der Waals surface area contributed by atoms with Gasteiger partial charge in [0.1, 0.15) is 0 Å². The maximum Gasteiger partial charge on any atom is 0.225 e. The molecule has 1 saturated carbocycles. The van der Waals surface area contributed by atoms with E-state index in [0.29, 0.717) is 0 Å². The zero-order valence-corrected chi connectivity index (χ0v) is 14.5. The molecular weight excluding hydrogens is 304 g/mol. The second-order valence-corrected chi connectivity index (χ2v) is 8.05. The van der Waals surface area contributed by atoms with Crippen molar-refractivity contribution in [1.29, 1.82) is 0 Å². The number of ether oxygens (including phenoxy) is 1. The lowest BCUT2D eigenvalue weighted by atomic mass is 9.74. The third-order valence-electron chi connectivity index (χ3n) is 5.22. The van der Waals surface area contributed by atoms with Gasteiger partial charge in [0.25, 0.3) is 0 Å². The summed E-state index contributed by atoms with van der Waals surface area (Å²) in [6, 6.07) is 0.0376. The molecule has 0 unspecified atom stereocenters. The Morgan fingerprint density at radius 1 is 1.33 bits per heavy atom. The highest BCUT2D eigenvalue weighted by atomic mass is 16.5. The molecule has 0 radical (unpaired) electrons. The van der Waals surface area contributed by atoms with E-state index in [0.717, 1.165) is 69.2 Å². The fourth-order valence-electron chi connectivity index (χ4n) is 3.72. The number of fused-ring (bicyclic) bond motifs is 1. The van der Waals surface area contributed by atoms with Crippen LogP contribution in [0.15, 0.2) is 6.20 Å². The standard InChI is InChI=1S/C18H26N4O2/c1-18(2)9-14(20-16(23)12-3-4-12)13-11-19-17(21-15(13)10-18)22-5-7-24-8-6-22/h11-12,14H,3-10H2,1-2H3,(H,20,23)/t14-/m0/s1. The van der Waals surface area contributed by atoms with Crippen LogP contribution in [0.4, 0.5) is 5.95 Å². The van der Waals surface area contributed by atoms with E-state index in [1.54, 1.807) is 0 Å². The van der Waals surface area contributed by atoms with Crippen molar-refractivity contribution in [3.63, 3.8) is 0 Å². The predicted octanol–water partition coefficient (Wildman–Crippen LogP) is 1.85. The summed E-state index contributed by atoms with van der Waals surface area (Å²) in [7, 11) is 0. The van der Waals surface area contributed by atoms with Gasteiger partial charge in [-0.05, 0) is 31.1 Å². The lowest BCUT2D eigenvalue weighted by Crippen LogP contribution is -2.40. The van der Waals surface area contributed by atoms with E-state index < -0.39 is 0 Å². The van der Waals surface area contributed by atoms with Crippen molar-refractivity contribution in [3.05, 3.63) is 17.5 Å². The molecule has 0 aromatic carbocycles. The van der Waals surface area contributed by atoms with Gasteiger partial charge < -0.3 is 15.0 Å². The number of amides is 1. The van der Waals surface area contributed by atoms with Crippen molar-refractivity contribution in [2.24, 2.45) is 11.3 Å². The van der Waals surface area contributed by atoms with Crippen molar-refractivity contribution in [1.82, 2.24) is 15.3 Å². The molecule has 1 aliphatic heterocycles. The summed E-state index contributed by atoms with van der Waals surface area (Å²) < 4.78 is 5.41. The van der Waals surface area contributed by atoms with Gasteiger partial charge in [-0.25, -0.2) is 9.97 Å². The molecule has 130 valence electrons. The normalized spacial score (nSPS) is 25.9. The summed E-state index contributed by atoms with van der Waals surface area (Å²) in [6.45, 7) is 7.64. The molecule has 2 heterocycles. The molecule has 1 atom stereocenters. The lowest BCUT2D eigenvalue weighted by molar-refractivity contribution is -0.123. The number of nitrogens with one attached hydrogen (secondary N) is 1. The molecule has 6 nitrogen and oxygen atoms in total. The van der Waals surface area contributed by atoms with Crippen molar-refractivity contribution in [2.45, 2.75) is 45.6 Å². The van der Waals surface area contributed by atoms with Crippen LogP contribution < -0.4 is 10.2 Å². The van der Waals surface area contributed by atoms with Gasteiger partial charge in [-0.2, -0.15) is 0 Å². The highest BCUT2D eigenvalue weighted by Gasteiger charge is 2.37. The molecule has 24 heavy (non-hydrogen) atoms. The third-order valence-corrected chi connectivity index (χ3v) is 5.22. The van der Waals surface area contributed by atoms with Gasteiger partial charge in [0.2, 0.25) is 11.9 Å². The monoisotopic (exact) mass is 330 g/mol. The third kappa shape index (κ3) is 3.24. The first-order valence-corrected chi connectivity index (χ1v) is 9.01. The smallest absolute Gasteiger partial charge is 0.225 e. The van der Waals surface area contributed by atoms with E-state index in [1.165, 1.54) is 0 Å². The summed E-state index contributed by atoms with van der Waals surface area (Å²) >= 11 is 0. The molecular formula is C18H26N4O2. The number of aromatic nitrogens is 2. The van der Waals surface area contributed by atoms with E-state index in [9.17, 15) is 4.79 Å². The predicted molar refractivity (Wildman–Crippen MR) is 90.8 cm³/mol. The van der Waals surface area contributed by atoms with Crippen LogP contribution in [0.25, 0.3) is 0 Å². The number of rotatable bonds is 3. The Morgan fingerprint density at radius 3 is 2.79 bits per heavy atom. The SMILES string of the molecule is CC1(C)Cc2nc(N3CCOCC3)ncc2[C@@H](NC(=O)C2CC2)C1. The molecule has 4 rings (SSSR count). The number of carbonyl (C=O) groups excluding carboxylic acids is 1.